The summed E-state index contributed by atoms with van der Waals surface area (Å²) in [6, 6.07) is 0. The standard InChI is InChI=1S/C16H32N2O2/c1-15(2,3)13(8-11-17)6-7-14(19)18-12-16(20-4)9-5-10-16/h13H,5-12,17H2,1-4H3,(H,18,19). The molecule has 0 radical (unpaired) electrons. The highest BCUT2D eigenvalue weighted by molar-refractivity contribution is 5.75. The topological polar surface area (TPSA) is 64.3 Å². The van der Waals surface area contributed by atoms with Crippen LogP contribution in [0.4, 0.5) is 0 Å². The zero-order valence-electron chi connectivity index (χ0n) is 13.6. The highest BCUT2D eigenvalue weighted by Gasteiger charge is 2.37. The molecule has 0 bridgehead atoms. The molecule has 0 aliphatic heterocycles. The van der Waals surface area contributed by atoms with E-state index in [1.54, 1.807) is 7.11 Å². The van der Waals surface area contributed by atoms with Gasteiger partial charge < -0.3 is 15.8 Å². The smallest absolute Gasteiger partial charge is 0.220 e. The molecule has 3 N–H and O–H groups in total. The van der Waals surface area contributed by atoms with Crippen molar-refractivity contribution >= 4 is 5.91 Å². The summed E-state index contributed by atoms with van der Waals surface area (Å²) in [5.41, 5.74) is 5.80. The van der Waals surface area contributed by atoms with Gasteiger partial charge in [0.25, 0.3) is 0 Å². The molecule has 4 nitrogen and oxygen atoms in total. The molecule has 1 fully saturated rings. The molecule has 0 aromatic rings. The van der Waals surface area contributed by atoms with Crippen molar-refractivity contribution in [1.82, 2.24) is 5.32 Å². The van der Waals surface area contributed by atoms with Gasteiger partial charge in [0.15, 0.2) is 0 Å². The van der Waals surface area contributed by atoms with E-state index < -0.39 is 0 Å². The Kier molecular flexibility index (Phi) is 6.46. The van der Waals surface area contributed by atoms with E-state index in [1.165, 1.54) is 6.42 Å². The van der Waals surface area contributed by atoms with Gasteiger partial charge in [-0.05, 0) is 50.0 Å². The van der Waals surface area contributed by atoms with Crippen molar-refractivity contribution in [1.29, 1.82) is 0 Å². The SMILES string of the molecule is COC1(CNC(=O)CCC(CCN)C(C)(C)C)CCC1. The zero-order valence-corrected chi connectivity index (χ0v) is 13.6. The van der Waals surface area contributed by atoms with Crippen LogP contribution in [0.3, 0.4) is 0 Å². The van der Waals surface area contributed by atoms with Gasteiger partial charge in [-0.1, -0.05) is 20.8 Å². The minimum atomic E-state index is -0.0870. The Bertz CT molecular complexity index is 301. The number of carbonyl (C=O) groups is 1. The van der Waals surface area contributed by atoms with Gasteiger partial charge in [0.05, 0.1) is 5.60 Å². The minimum Gasteiger partial charge on any atom is -0.376 e. The number of nitrogens with two attached hydrogens (primary N) is 1. The summed E-state index contributed by atoms with van der Waals surface area (Å²) in [5.74, 6) is 0.637. The van der Waals surface area contributed by atoms with Crippen LogP contribution in [0.5, 0.6) is 0 Å². The lowest BCUT2D eigenvalue weighted by Crippen LogP contribution is -2.49. The molecule has 20 heavy (non-hydrogen) atoms. The second kappa shape index (κ2) is 7.41. The Morgan fingerprint density at radius 3 is 2.40 bits per heavy atom. The molecule has 1 atom stereocenters. The van der Waals surface area contributed by atoms with Crippen molar-refractivity contribution in [3.63, 3.8) is 0 Å². The Balaban J connectivity index is 2.31. The fraction of sp³-hybridized carbons (Fsp3) is 0.938. The molecule has 1 unspecified atom stereocenters. The molecule has 0 saturated heterocycles. The van der Waals surface area contributed by atoms with Crippen LogP contribution in [-0.2, 0) is 9.53 Å². The lowest BCUT2D eigenvalue weighted by Gasteiger charge is -2.40. The summed E-state index contributed by atoms with van der Waals surface area (Å²) in [7, 11) is 1.74. The highest BCUT2D eigenvalue weighted by atomic mass is 16.5. The van der Waals surface area contributed by atoms with E-state index in [4.69, 9.17) is 10.5 Å². The second-order valence-electron chi connectivity index (χ2n) is 7.20. The molecular formula is C16H32N2O2. The van der Waals surface area contributed by atoms with Crippen molar-refractivity contribution in [2.24, 2.45) is 17.1 Å². The highest BCUT2D eigenvalue weighted by Crippen LogP contribution is 2.34. The normalized spacial score (nSPS) is 19.2. The van der Waals surface area contributed by atoms with Gasteiger partial charge in [0.2, 0.25) is 5.91 Å². The first-order valence-corrected chi connectivity index (χ1v) is 7.85. The quantitative estimate of drug-likeness (QED) is 0.719. The van der Waals surface area contributed by atoms with Crippen LogP contribution in [0.1, 0.15) is 59.3 Å². The number of amides is 1. The summed E-state index contributed by atoms with van der Waals surface area (Å²) in [5, 5.41) is 3.03. The zero-order chi connectivity index (χ0) is 15.2. The van der Waals surface area contributed by atoms with Crippen LogP contribution < -0.4 is 11.1 Å². The van der Waals surface area contributed by atoms with E-state index in [-0.39, 0.29) is 16.9 Å². The third-order valence-corrected chi connectivity index (χ3v) is 4.77. The molecule has 0 aromatic carbocycles. The molecule has 1 rings (SSSR count). The number of carbonyl (C=O) groups excluding carboxylic acids is 1. The van der Waals surface area contributed by atoms with Crippen molar-refractivity contribution in [3.05, 3.63) is 0 Å². The molecule has 0 spiro atoms. The Morgan fingerprint density at radius 1 is 1.35 bits per heavy atom. The summed E-state index contributed by atoms with van der Waals surface area (Å²) in [6.07, 6.45) is 5.79. The molecule has 1 saturated carbocycles. The minimum absolute atomic E-state index is 0.0870. The van der Waals surface area contributed by atoms with E-state index in [2.05, 4.69) is 26.1 Å². The van der Waals surface area contributed by atoms with Crippen molar-refractivity contribution in [2.45, 2.75) is 64.9 Å². The number of methoxy groups -OCH3 is 1. The Morgan fingerprint density at radius 2 is 2.00 bits per heavy atom. The molecule has 1 aliphatic carbocycles. The Hall–Kier alpha value is -0.610. The first-order chi connectivity index (χ1) is 9.33. The maximum atomic E-state index is 12.0. The fourth-order valence-corrected chi connectivity index (χ4v) is 2.89. The van der Waals surface area contributed by atoms with Crippen LogP contribution in [0.15, 0.2) is 0 Å². The fourth-order valence-electron chi connectivity index (χ4n) is 2.89. The summed E-state index contributed by atoms with van der Waals surface area (Å²) < 4.78 is 5.51. The predicted molar refractivity (Wildman–Crippen MR) is 82.5 cm³/mol. The average molecular weight is 284 g/mol. The monoisotopic (exact) mass is 284 g/mol. The maximum absolute atomic E-state index is 12.0. The molecule has 1 aliphatic rings. The molecule has 1 amide bonds. The first kappa shape index (κ1) is 17.4. The number of nitrogens with one attached hydrogen (secondary N) is 1. The maximum Gasteiger partial charge on any atom is 0.220 e. The molecule has 0 heterocycles. The van der Waals surface area contributed by atoms with Crippen LogP contribution in [0, 0.1) is 11.3 Å². The number of hydrogen-bond donors (Lipinski definition) is 2. The van der Waals surface area contributed by atoms with Gasteiger partial charge in [-0.2, -0.15) is 0 Å². The third kappa shape index (κ3) is 5.06. The van der Waals surface area contributed by atoms with Gasteiger partial charge in [0, 0.05) is 20.1 Å². The van der Waals surface area contributed by atoms with E-state index in [1.807, 2.05) is 0 Å². The van der Waals surface area contributed by atoms with E-state index >= 15 is 0 Å². The van der Waals surface area contributed by atoms with Gasteiger partial charge in [-0.3, -0.25) is 4.79 Å². The van der Waals surface area contributed by atoms with E-state index in [0.29, 0.717) is 25.4 Å². The summed E-state index contributed by atoms with van der Waals surface area (Å²) in [6.45, 7) is 8.01. The lowest BCUT2D eigenvalue weighted by molar-refractivity contribution is -0.125. The lowest BCUT2D eigenvalue weighted by atomic mass is 9.76. The molecule has 0 aromatic heterocycles. The van der Waals surface area contributed by atoms with Crippen LogP contribution in [0.25, 0.3) is 0 Å². The van der Waals surface area contributed by atoms with Gasteiger partial charge in [-0.15, -0.1) is 0 Å². The first-order valence-electron chi connectivity index (χ1n) is 7.85. The Labute approximate surface area is 123 Å². The summed E-state index contributed by atoms with van der Waals surface area (Å²) >= 11 is 0. The summed E-state index contributed by atoms with van der Waals surface area (Å²) in [4.78, 5) is 12.0. The molecular weight excluding hydrogens is 252 g/mol. The molecule has 4 heteroatoms. The van der Waals surface area contributed by atoms with Gasteiger partial charge in [0.1, 0.15) is 0 Å². The average Bonchev–Trinajstić information content (AvgIpc) is 2.32. The molecule has 118 valence electrons. The number of hydrogen-bond acceptors (Lipinski definition) is 3. The van der Waals surface area contributed by atoms with Gasteiger partial charge in [-0.25, -0.2) is 0 Å². The van der Waals surface area contributed by atoms with Crippen LogP contribution >= 0.6 is 0 Å². The largest absolute Gasteiger partial charge is 0.376 e. The van der Waals surface area contributed by atoms with Gasteiger partial charge >= 0.3 is 0 Å². The van der Waals surface area contributed by atoms with Crippen molar-refractivity contribution in [3.8, 4) is 0 Å². The van der Waals surface area contributed by atoms with Crippen molar-refractivity contribution in [2.75, 3.05) is 20.2 Å². The van der Waals surface area contributed by atoms with Crippen molar-refractivity contribution < 1.29 is 9.53 Å². The van der Waals surface area contributed by atoms with E-state index in [0.717, 1.165) is 25.7 Å². The third-order valence-electron chi connectivity index (χ3n) is 4.77. The van der Waals surface area contributed by atoms with Crippen LogP contribution in [0.2, 0.25) is 0 Å². The van der Waals surface area contributed by atoms with E-state index in [9.17, 15) is 4.79 Å². The van der Waals surface area contributed by atoms with Crippen LogP contribution in [-0.4, -0.2) is 31.7 Å². The second-order valence-corrected chi connectivity index (χ2v) is 7.20. The number of rotatable bonds is 8. The number of ether oxygens (including phenoxy) is 1. The predicted octanol–water partition coefficient (Wildman–Crippen LogP) is 2.46.